The molecule has 2 heteroatoms. The van der Waals surface area contributed by atoms with Crippen LogP contribution in [-0.2, 0) is 0 Å². The van der Waals surface area contributed by atoms with Crippen LogP contribution in [0.3, 0.4) is 0 Å². The van der Waals surface area contributed by atoms with Gasteiger partial charge in [0.2, 0.25) is 0 Å². The lowest BCUT2D eigenvalue weighted by molar-refractivity contribution is 1.39. The molecule has 1 aromatic rings. The number of hydrogen-bond acceptors (Lipinski definition) is 1. The molecule has 0 aliphatic heterocycles. The number of halogens is 1. The number of aryl methyl sites for hydroxylation is 1. The zero-order chi connectivity index (χ0) is 8.43. The Morgan fingerprint density at radius 1 is 1.45 bits per heavy atom. The van der Waals surface area contributed by atoms with Crippen molar-refractivity contribution in [3.8, 4) is 0 Å². The molecule has 0 saturated heterocycles. The summed E-state index contributed by atoms with van der Waals surface area (Å²) >= 11 is 2.29. The zero-order valence-corrected chi connectivity index (χ0v) is 8.77. The lowest BCUT2D eigenvalue weighted by Crippen LogP contribution is -1.93. The number of hydrogen-bond donors (Lipinski definition) is 1. The van der Waals surface area contributed by atoms with Crippen LogP contribution < -0.4 is 0 Å². The lowest BCUT2D eigenvalue weighted by Gasteiger charge is -2.01. The highest BCUT2D eigenvalue weighted by atomic mass is 127. The van der Waals surface area contributed by atoms with E-state index in [9.17, 15) is 0 Å². The zero-order valence-electron chi connectivity index (χ0n) is 6.61. The fourth-order valence-corrected chi connectivity index (χ4v) is 1.34. The maximum atomic E-state index is 7.40. The summed E-state index contributed by atoms with van der Waals surface area (Å²) in [5.41, 5.74) is 2.92. The molecule has 0 unspecified atom stereocenters. The highest BCUT2D eigenvalue weighted by Crippen LogP contribution is 2.13. The van der Waals surface area contributed by atoms with E-state index in [-0.39, 0.29) is 0 Å². The third kappa shape index (κ3) is 2.02. The van der Waals surface area contributed by atoms with Crippen molar-refractivity contribution in [2.24, 2.45) is 0 Å². The molecule has 0 spiro atoms. The Balaban J connectivity index is 3.15. The van der Waals surface area contributed by atoms with Gasteiger partial charge in [-0.25, -0.2) is 0 Å². The summed E-state index contributed by atoms with van der Waals surface area (Å²) in [6.07, 6.45) is 0. The van der Waals surface area contributed by atoms with Gasteiger partial charge >= 0.3 is 0 Å². The van der Waals surface area contributed by atoms with E-state index in [4.69, 9.17) is 5.41 Å². The fourth-order valence-electron chi connectivity index (χ4n) is 0.826. The van der Waals surface area contributed by atoms with Crippen LogP contribution >= 0.6 is 22.6 Å². The molecule has 0 aliphatic rings. The highest BCUT2D eigenvalue weighted by Gasteiger charge is 1.97. The van der Waals surface area contributed by atoms with Crippen molar-refractivity contribution in [1.82, 2.24) is 0 Å². The first-order valence-corrected chi connectivity index (χ1v) is 4.51. The van der Waals surface area contributed by atoms with Gasteiger partial charge in [0.15, 0.2) is 0 Å². The third-order valence-electron chi connectivity index (χ3n) is 1.60. The smallest absolute Gasteiger partial charge is 0.0355 e. The Kier molecular flexibility index (Phi) is 2.65. The maximum absolute atomic E-state index is 7.40. The molecular weight excluding hydrogens is 249 g/mol. The summed E-state index contributed by atoms with van der Waals surface area (Å²) in [5.74, 6) is 0. The van der Waals surface area contributed by atoms with E-state index in [1.54, 1.807) is 6.92 Å². The summed E-state index contributed by atoms with van der Waals surface area (Å²) in [6, 6.07) is 6.08. The van der Waals surface area contributed by atoms with Crippen LogP contribution in [0.5, 0.6) is 0 Å². The largest absolute Gasteiger partial charge is 0.305 e. The van der Waals surface area contributed by atoms with Crippen molar-refractivity contribution < 1.29 is 0 Å². The maximum Gasteiger partial charge on any atom is 0.0355 e. The average Bonchev–Trinajstić information content (AvgIpc) is 1.94. The van der Waals surface area contributed by atoms with Crippen LogP contribution in [0.1, 0.15) is 18.1 Å². The van der Waals surface area contributed by atoms with E-state index in [1.165, 1.54) is 9.13 Å². The molecule has 1 N–H and O–H groups in total. The molecule has 0 atom stereocenters. The first-order chi connectivity index (χ1) is 5.11. The molecule has 0 amide bonds. The molecule has 1 nitrogen and oxygen atoms in total. The molecular formula is C9H10IN. The van der Waals surface area contributed by atoms with Gasteiger partial charge < -0.3 is 5.41 Å². The first kappa shape index (κ1) is 8.71. The molecule has 0 aliphatic carbocycles. The topological polar surface area (TPSA) is 23.9 Å². The molecule has 58 valence electrons. The number of nitrogens with one attached hydrogen (secondary N) is 1. The van der Waals surface area contributed by atoms with Crippen LogP contribution in [-0.4, -0.2) is 5.71 Å². The Morgan fingerprint density at radius 2 is 2.09 bits per heavy atom. The average molecular weight is 259 g/mol. The van der Waals surface area contributed by atoms with Crippen molar-refractivity contribution >= 4 is 28.3 Å². The molecule has 1 rings (SSSR count). The second-order valence-electron chi connectivity index (χ2n) is 2.59. The quantitative estimate of drug-likeness (QED) is 0.592. The number of benzene rings is 1. The molecule has 0 radical (unpaired) electrons. The van der Waals surface area contributed by atoms with Crippen molar-refractivity contribution in [3.05, 3.63) is 32.9 Å². The van der Waals surface area contributed by atoms with Crippen LogP contribution in [0.15, 0.2) is 18.2 Å². The summed E-state index contributed by atoms with van der Waals surface area (Å²) in [7, 11) is 0. The van der Waals surface area contributed by atoms with E-state index in [0.717, 1.165) is 5.56 Å². The molecule has 1 aromatic carbocycles. The fraction of sp³-hybridized carbons (Fsp3) is 0.222. The van der Waals surface area contributed by atoms with E-state index in [1.807, 2.05) is 12.1 Å². The first-order valence-electron chi connectivity index (χ1n) is 3.43. The highest BCUT2D eigenvalue weighted by molar-refractivity contribution is 14.1. The van der Waals surface area contributed by atoms with Gasteiger partial charge in [0, 0.05) is 9.28 Å². The van der Waals surface area contributed by atoms with Gasteiger partial charge in [-0.3, -0.25) is 0 Å². The summed E-state index contributed by atoms with van der Waals surface area (Å²) in [4.78, 5) is 0. The summed E-state index contributed by atoms with van der Waals surface area (Å²) in [5, 5.41) is 7.40. The standard InChI is InChI=1S/C9H10IN/c1-6-3-4-8(7(2)11)5-9(6)10/h3-5,11H,1-2H3. The Bertz CT molecular complexity index is 292. The second-order valence-corrected chi connectivity index (χ2v) is 3.75. The molecule has 0 bridgehead atoms. The minimum Gasteiger partial charge on any atom is -0.305 e. The Hall–Kier alpha value is -0.380. The van der Waals surface area contributed by atoms with Crippen molar-refractivity contribution in [1.29, 1.82) is 5.41 Å². The predicted octanol–water partition coefficient (Wildman–Crippen LogP) is 2.99. The minimum atomic E-state index is 0.628. The Labute approximate surface area is 80.5 Å². The minimum absolute atomic E-state index is 0.628. The van der Waals surface area contributed by atoms with E-state index < -0.39 is 0 Å². The SMILES string of the molecule is CC(=N)c1ccc(C)c(I)c1. The molecule has 0 aromatic heterocycles. The van der Waals surface area contributed by atoms with Gasteiger partial charge in [0.05, 0.1) is 0 Å². The van der Waals surface area contributed by atoms with Gasteiger partial charge in [0.1, 0.15) is 0 Å². The monoisotopic (exact) mass is 259 g/mol. The summed E-state index contributed by atoms with van der Waals surface area (Å²) < 4.78 is 1.23. The van der Waals surface area contributed by atoms with Gasteiger partial charge in [-0.1, -0.05) is 12.1 Å². The van der Waals surface area contributed by atoms with E-state index in [0.29, 0.717) is 5.71 Å². The third-order valence-corrected chi connectivity index (χ3v) is 2.77. The molecule has 0 heterocycles. The van der Waals surface area contributed by atoms with Gasteiger partial charge in [0.25, 0.3) is 0 Å². The number of rotatable bonds is 1. The normalized spacial score (nSPS) is 9.73. The van der Waals surface area contributed by atoms with Crippen molar-refractivity contribution in [2.75, 3.05) is 0 Å². The summed E-state index contributed by atoms with van der Waals surface area (Å²) in [6.45, 7) is 3.88. The van der Waals surface area contributed by atoms with Gasteiger partial charge in [-0.05, 0) is 53.6 Å². The Morgan fingerprint density at radius 3 is 2.55 bits per heavy atom. The van der Waals surface area contributed by atoms with E-state index >= 15 is 0 Å². The van der Waals surface area contributed by atoms with Crippen LogP contribution in [0, 0.1) is 15.9 Å². The van der Waals surface area contributed by atoms with Crippen LogP contribution in [0.2, 0.25) is 0 Å². The molecule has 0 fully saturated rings. The predicted molar refractivity (Wildman–Crippen MR) is 56.4 cm³/mol. The molecule has 0 saturated carbocycles. The van der Waals surface area contributed by atoms with Crippen LogP contribution in [0.4, 0.5) is 0 Å². The van der Waals surface area contributed by atoms with Gasteiger partial charge in [-0.2, -0.15) is 0 Å². The molecule has 11 heavy (non-hydrogen) atoms. The van der Waals surface area contributed by atoms with E-state index in [2.05, 4.69) is 35.6 Å². The van der Waals surface area contributed by atoms with Crippen molar-refractivity contribution in [2.45, 2.75) is 13.8 Å². The second kappa shape index (κ2) is 3.34. The van der Waals surface area contributed by atoms with Gasteiger partial charge in [-0.15, -0.1) is 0 Å². The lowest BCUT2D eigenvalue weighted by atomic mass is 10.1. The van der Waals surface area contributed by atoms with Crippen molar-refractivity contribution in [3.63, 3.8) is 0 Å². The van der Waals surface area contributed by atoms with Crippen LogP contribution in [0.25, 0.3) is 0 Å².